The molecule has 2 amide bonds. The third-order valence-electron chi connectivity index (χ3n) is 16.2. The third kappa shape index (κ3) is 19.8. The van der Waals surface area contributed by atoms with Gasteiger partial charge in [0, 0.05) is 35.0 Å². The molecule has 1 aromatic heterocycles. The number of amides is 2. The zero-order valence-corrected chi connectivity index (χ0v) is 62.6. The minimum absolute atomic E-state index is 0.00900. The van der Waals surface area contributed by atoms with Gasteiger partial charge in [-0.15, -0.1) is 10.2 Å². The zero-order chi connectivity index (χ0) is 69.6. The Morgan fingerprint density at radius 3 is 1.38 bits per heavy atom. The lowest BCUT2D eigenvalue weighted by Crippen LogP contribution is -2.55. The Labute approximate surface area is 572 Å². The minimum Gasteiger partial charge on any atom is -0.418 e. The molecule has 0 unspecified atom stereocenters. The highest BCUT2D eigenvalue weighted by Gasteiger charge is 2.46. The molecule has 4 N–H and O–H groups in total. The summed E-state index contributed by atoms with van der Waals surface area (Å²) < 4.78 is 65.9. The summed E-state index contributed by atoms with van der Waals surface area (Å²) in [7, 11) is -10.1. The summed E-state index contributed by atoms with van der Waals surface area (Å²) in [6.45, 7) is 23.2. The zero-order valence-electron chi connectivity index (χ0n) is 54.9. The highest BCUT2D eigenvalue weighted by Crippen LogP contribution is 2.66. The summed E-state index contributed by atoms with van der Waals surface area (Å²) in [6.07, 6.45) is 1.29. The van der Waals surface area contributed by atoms with Gasteiger partial charge in [0.1, 0.15) is 40.1 Å². The molecule has 17 nitrogen and oxygen atoms in total. The molecule has 0 saturated carbocycles. The lowest BCUT2D eigenvalue weighted by Gasteiger charge is -2.40. The number of sulfone groups is 2. The van der Waals surface area contributed by atoms with E-state index in [1.165, 1.54) is 52.3 Å². The van der Waals surface area contributed by atoms with Crippen LogP contribution in [0, 0.1) is 22.7 Å². The Hall–Kier alpha value is -7.02. The summed E-state index contributed by atoms with van der Waals surface area (Å²) in [5.41, 5.74) is 7.39. The standard InChI is InChI=1S/C25H33ClN4O5SSi.C25H31ClN4O4SSi.C18H15P2S/c1-16(35-37(6,7)25(2,3)4)22(28-19-11-8-18(15-27)21(26)14-19)24(32)30-29-23(31)17-9-12-20(13-10-17)36(5,33)34;1-16(34-36(6,7)25(2,3)4)22(28-19-11-8-18(15-27)21(26)14-19)24-30-29-23(33-24)17-9-12-20(13-10-17)35(5,31)32;21-19-20(16-10-4-1-5-11-16,17-12-6-2-7-13-17)18-14-8-3-9-15-18/h8-14,16,22,28H,1-7H3,(H,29,31)(H,30,32);8-14,16,22,28H,1-7H3;1-15H/q;;+1/t2*16-,22+;/m00./s1. The fourth-order valence-electron chi connectivity index (χ4n) is 8.91. The van der Waals surface area contributed by atoms with Gasteiger partial charge >= 0.3 is 0 Å². The molecule has 0 aliphatic carbocycles. The van der Waals surface area contributed by atoms with Crippen molar-refractivity contribution in [2.45, 2.75) is 126 Å². The second kappa shape index (κ2) is 32.1. The van der Waals surface area contributed by atoms with Gasteiger partial charge in [-0.3, -0.25) is 20.4 Å². The van der Waals surface area contributed by atoms with Gasteiger partial charge in [0.15, 0.2) is 50.3 Å². The molecule has 0 aliphatic heterocycles. The van der Waals surface area contributed by atoms with E-state index in [0.29, 0.717) is 39.0 Å². The largest absolute Gasteiger partial charge is 0.418 e. The van der Waals surface area contributed by atoms with Crippen LogP contribution >= 0.6 is 37.2 Å². The van der Waals surface area contributed by atoms with Gasteiger partial charge in [-0.05, 0) is 183 Å². The van der Waals surface area contributed by atoms with Crippen LogP contribution in [0.15, 0.2) is 190 Å². The second-order valence-electron chi connectivity index (χ2n) is 25.2. The average Bonchev–Trinajstić information content (AvgIpc) is 0.834. The van der Waals surface area contributed by atoms with E-state index in [1.54, 1.807) is 55.5 Å². The van der Waals surface area contributed by atoms with Crippen molar-refractivity contribution in [1.29, 1.82) is 10.5 Å². The van der Waals surface area contributed by atoms with Crippen LogP contribution in [0.1, 0.15) is 88.8 Å². The maximum absolute atomic E-state index is 13.2. The van der Waals surface area contributed by atoms with Gasteiger partial charge in [0.25, 0.3) is 11.8 Å². The first kappa shape index (κ1) is 76.0. The van der Waals surface area contributed by atoms with Crippen molar-refractivity contribution >= 4 is 124 Å². The number of carbonyl (C=O) groups is 2. The van der Waals surface area contributed by atoms with Crippen molar-refractivity contribution in [2.75, 3.05) is 23.1 Å². The summed E-state index contributed by atoms with van der Waals surface area (Å²) in [4.78, 5) is 26.1. The Bertz CT molecular complexity index is 4160. The topological polar surface area (TPSA) is 255 Å². The van der Waals surface area contributed by atoms with E-state index in [2.05, 4.69) is 196 Å². The number of carbonyl (C=O) groups excluding carboxylic acids is 2. The van der Waals surface area contributed by atoms with Crippen LogP contribution in [0.25, 0.3) is 11.5 Å². The predicted octanol–water partition coefficient (Wildman–Crippen LogP) is 14.8. The third-order valence-corrected chi connectivity index (χ3v) is 36.6. The predicted molar refractivity (Wildman–Crippen MR) is 389 cm³/mol. The van der Waals surface area contributed by atoms with Crippen molar-refractivity contribution in [1.82, 2.24) is 21.0 Å². The smallest absolute Gasteiger partial charge is 0.269 e. The van der Waals surface area contributed by atoms with E-state index in [4.69, 9.17) is 53.5 Å². The number of anilines is 2. The fourth-order valence-corrected chi connectivity index (χ4v) is 21.0. The van der Waals surface area contributed by atoms with E-state index in [-0.39, 0.29) is 42.4 Å². The molecule has 0 saturated heterocycles. The number of rotatable bonds is 20. The maximum atomic E-state index is 13.2. The minimum atomic E-state index is -3.40. The Morgan fingerprint density at radius 1 is 0.596 bits per heavy atom. The number of nitriles is 2. The number of halogens is 2. The SMILES string of the molecule is C[C@H](O[Si](C)(C)C(C)(C)C)[C@@H](Nc1ccc(C#N)c(Cl)c1)C(=O)NNC(=O)c1ccc(S(C)(=O)=O)cc1.C[C@H](O[Si](C)(C)C(C)(C)C)[C@@H](Nc1ccc(C#N)c(Cl)c1)c1nnc(-c2ccc(S(C)(=O)=O)cc2)o1.S=P[P+](c1ccccc1)(c1ccccc1)c1ccccc1. The summed E-state index contributed by atoms with van der Waals surface area (Å²) in [6, 6.07) is 56.2. The van der Waals surface area contributed by atoms with Gasteiger partial charge in [0.05, 0.1) is 43.2 Å². The number of aromatic nitrogens is 2. The summed E-state index contributed by atoms with van der Waals surface area (Å²) >= 11 is 18.1. The van der Waals surface area contributed by atoms with Crippen molar-refractivity contribution in [3.05, 3.63) is 209 Å². The number of hydrogen-bond donors (Lipinski definition) is 4. The van der Waals surface area contributed by atoms with Crippen LogP contribution in [0.3, 0.4) is 0 Å². The average molecular weight is 1440 g/mol. The molecule has 0 radical (unpaired) electrons. The molecule has 8 rings (SSSR count). The van der Waals surface area contributed by atoms with Gasteiger partial charge in [-0.2, -0.15) is 10.5 Å². The van der Waals surface area contributed by atoms with Crippen molar-refractivity contribution in [3.63, 3.8) is 0 Å². The van der Waals surface area contributed by atoms with Crippen molar-refractivity contribution < 1.29 is 39.7 Å². The van der Waals surface area contributed by atoms with Gasteiger partial charge in [-0.1, -0.05) is 119 Å². The highest BCUT2D eigenvalue weighted by molar-refractivity contribution is 8.51. The normalized spacial score (nSPS) is 13.4. The molecule has 26 heteroatoms. The van der Waals surface area contributed by atoms with E-state index in [0.717, 1.165) is 19.6 Å². The fraction of sp³-hybridized carbons (Fsp3) is 0.294. The van der Waals surface area contributed by atoms with E-state index in [9.17, 15) is 31.7 Å². The molecular weight excluding hydrogens is 1360 g/mol. The number of hydrogen-bond acceptors (Lipinski definition) is 16. The molecule has 8 aromatic rings. The molecule has 0 aliphatic rings. The first-order valence-corrected chi connectivity index (χ1v) is 44.4. The van der Waals surface area contributed by atoms with Crippen LogP contribution < -0.4 is 37.4 Å². The lowest BCUT2D eigenvalue weighted by molar-refractivity contribution is -0.124. The molecule has 94 heavy (non-hydrogen) atoms. The molecule has 4 atom stereocenters. The van der Waals surface area contributed by atoms with Gasteiger partial charge < -0.3 is 23.9 Å². The van der Waals surface area contributed by atoms with E-state index >= 15 is 0 Å². The van der Waals surface area contributed by atoms with Gasteiger partial charge in [-0.25, -0.2) is 16.8 Å². The highest BCUT2D eigenvalue weighted by atomic mass is 35.5. The molecule has 0 fully saturated rings. The van der Waals surface area contributed by atoms with Crippen LogP contribution in [-0.2, 0) is 45.1 Å². The monoisotopic (exact) mass is 1440 g/mol. The first-order chi connectivity index (χ1) is 44.0. The molecule has 0 bridgehead atoms. The quantitative estimate of drug-likeness (QED) is 0.0314. The Kier molecular flexibility index (Phi) is 26.0. The molecule has 1 heterocycles. The molecular formula is C68H79Cl2N8O9P2S3Si2+. The Morgan fingerprint density at radius 2 is 1.00 bits per heavy atom. The summed E-state index contributed by atoms with van der Waals surface area (Å²) in [5, 5.41) is 37.8. The molecule has 7 aromatic carbocycles. The number of nitrogens with zero attached hydrogens (tertiary/aromatic N) is 4. The van der Waals surface area contributed by atoms with Crippen molar-refractivity contribution in [2.24, 2.45) is 0 Å². The number of nitrogens with one attached hydrogen (secondary N) is 4. The lowest BCUT2D eigenvalue weighted by atomic mass is 10.1. The Balaban J connectivity index is 0.000000232. The first-order valence-electron chi connectivity index (χ1n) is 29.7. The van der Waals surface area contributed by atoms with Gasteiger partial charge in [0.2, 0.25) is 11.8 Å². The number of benzene rings is 7. The van der Waals surface area contributed by atoms with E-state index < -0.39 is 73.3 Å². The number of hydrazine groups is 1. The van der Waals surface area contributed by atoms with Crippen LogP contribution in [0.4, 0.5) is 11.4 Å². The molecule has 494 valence electrons. The summed E-state index contributed by atoms with van der Waals surface area (Å²) in [5.74, 6) is -0.613. The van der Waals surface area contributed by atoms with Crippen LogP contribution in [-0.4, -0.2) is 86.2 Å². The van der Waals surface area contributed by atoms with Crippen LogP contribution in [0.2, 0.25) is 46.3 Å². The van der Waals surface area contributed by atoms with Crippen LogP contribution in [0.5, 0.6) is 0 Å². The maximum Gasteiger partial charge on any atom is 0.269 e. The van der Waals surface area contributed by atoms with Crippen molar-refractivity contribution in [3.8, 4) is 23.6 Å². The second-order valence-corrected chi connectivity index (χ2v) is 46.3. The molecule has 0 spiro atoms. The van der Waals surface area contributed by atoms with E-state index in [1.807, 2.05) is 13.0 Å².